The van der Waals surface area contributed by atoms with Crippen LogP contribution in [0.25, 0.3) is 0 Å². The van der Waals surface area contributed by atoms with Crippen molar-refractivity contribution in [3.63, 3.8) is 0 Å². The lowest BCUT2D eigenvalue weighted by Gasteiger charge is -2.13. The van der Waals surface area contributed by atoms with Crippen LogP contribution in [0.4, 0.5) is 0 Å². The monoisotopic (exact) mass is 265 g/mol. The van der Waals surface area contributed by atoms with Crippen LogP contribution in [0.5, 0.6) is 0 Å². The zero-order chi connectivity index (χ0) is 13.1. The number of aryl methyl sites for hydroxylation is 2. The van der Waals surface area contributed by atoms with Crippen LogP contribution in [0.15, 0.2) is 6.20 Å². The van der Waals surface area contributed by atoms with Crippen molar-refractivity contribution >= 4 is 17.2 Å². The molecule has 0 spiro atoms. The molecule has 0 bridgehead atoms. The largest absolute Gasteiger partial charge is 0.341 e. The average Bonchev–Trinajstić information content (AvgIpc) is 2.97. The van der Waals surface area contributed by atoms with Gasteiger partial charge in [-0.25, -0.2) is 4.98 Å². The third-order valence-electron chi connectivity index (χ3n) is 2.70. The maximum atomic E-state index is 11.9. The number of nitrogens with one attached hydrogen (secondary N) is 2. The van der Waals surface area contributed by atoms with E-state index >= 15 is 0 Å². The van der Waals surface area contributed by atoms with Gasteiger partial charge in [-0.2, -0.15) is 15.4 Å². The molecule has 2 aromatic rings. The smallest absolute Gasteiger partial charge is 0.274 e. The van der Waals surface area contributed by atoms with Gasteiger partial charge in [-0.1, -0.05) is 6.92 Å². The molecule has 0 aliphatic heterocycles. The number of carbonyl (C=O) groups is 1. The molecule has 0 radical (unpaired) electrons. The van der Waals surface area contributed by atoms with E-state index < -0.39 is 0 Å². The van der Waals surface area contributed by atoms with Crippen LogP contribution in [0.2, 0.25) is 0 Å². The Hall–Kier alpha value is -1.76. The highest BCUT2D eigenvalue weighted by Gasteiger charge is 2.19. The minimum atomic E-state index is -0.235. The molecule has 2 N–H and O–H groups in total. The van der Waals surface area contributed by atoms with Crippen molar-refractivity contribution in [1.29, 1.82) is 0 Å². The second-order valence-corrected chi connectivity index (χ2v) is 5.22. The Morgan fingerprint density at radius 1 is 1.56 bits per heavy atom. The highest BCUT2D eigenvalue weighted by Crippen LogP contribution is 2.24. The van der Waals surface area contributed by atoms with Gasteiger partial charge in [-0.05, 0) is 20.3 Å². The summed E-state index contributed by atoms with van der Waals surface area (Å²) in [6.07, 6.45) is 2.19. The van der Waals surface area contributed by atoms with Crippen molar-refractivity contribution in [2.75, 3.05) is 0 Å². The van der Waals surface area contributed by atoms with Crippen LogP contribution in [0.3, 0.4) is 0 Å². The number of aromatic amines is 1. The number of rotatable bonds is 4. The SMILES string of the molecule is CC[C@H](NC(=O)c1cn[nH]n1)c1nc(C)c(C)s1. The van der Waals surface area contributed by atoms with E-state index in [2.05, 4.69) is 25.7 Å². The summed E-state index contributed by atoms with van der Waals surface area (Å²) in [5.41, 5.74) is 1.31. The van der Waals surface area contributed by atoms with Gasteiger partial charge in [0.15, 0.2) is 5.69 Å². The van der Waals surface area contributed by atoms with Gasteiger partial charge in [0.2, 0.25) is 0 Å². The molecule has 7 heteroatoms. The number of thiazole rings is 1. The van der Waals surface area contributed by atoms with Crippen LogP contribution in [0.1, 0.15) is 45.5 Å². The van der Waals surface area contributed by atoms with Gasteiger partial charge in [0.1, 0.15) is 5.01 Å². The van der Waals surface area contributed by atoms with E-state index in [9.17, 15) is 4.79 Å². The summed E-state index contributed by atoms with van der Waals surface area (Å²) in [5, 5.41) is 13.6. The van der Waals surface area contributed by atoms with Crippen molar-refractivity contribution < 1.29 is 4.79 Å². The fraction of sp³-hybridized carbons (Fsp3) is 0.455. The molecule has 1 amide bonds. The fourth-order valence-corrected chi connectivity index (χ4v) is 2.59. The Morgan fingerprint density at radius 2 is 2.33 bits per heavy atom. The number of carbonyl (C=O) groups excluding carboxylic acids is 1. The van der Waals surface area contributed by atoms with Crippen LogP contribution in [0, 0.1) is 13.8 Å². The van der Waals surface area contributed by atoms with Crippen molar-refractivity contribution in [3.8, 4) is 0 Å². The van der Waals surface area contributed by atoms with Gasteiger partial charge in [-0.3, -0.25) is 4.79 Å². The topological polar surface area (TPSA) is 83.6 Å². The Balaban J connectivity index is 2.12. The molecule has 1 atom stereocenters. The molecule has 0 unspecified atom stereocenters. The Labute approximate surface area is 109 Å². The molecule has 18 heavy (non-hydrogen) atoms. The van der Waals surface area contributed by atoms with E-state index in [1.807, 2.05) is 20.8 Å². The zero-order valence-electron chi connectivity index (χ0n) is 10.5. The van der Waals surface area contributed by atoms with Gasteiger partial charge in [0.25, 0.3) is 5.91 Å². The quantitative estimate of drug-likeness (QED) is 0.882. The minimum Gasteiger partial charge on any atom is -0.341 e. The molecule has 2 rings (SSSR count). The lowest BCUT2D eigenvalue weighted by atomic mass is 10.2. The minimum absolute atomic E-state index is 0.0772. The fourth-order valence-electron chi connectivity index (χ4n) is 1.53. The summed E-state index contributed by atoms with van der Waals surface area (Å²) in [6, 6.07) is -0.0772. The second kappa shape index (κ2) is 5.26. The first-order valence-corrected chi connectivity index (χ1v) is 6.54. The first-order valence-electron chi connectivity index (χ1n) is 5.72. The molecule has 0 aromatic carbocycles. The first-order chi connectivity index (χ1) is 8.61. The van der Waals surface area contributed by atoms with Gasteiger partial charge in [-0.15, -0.1) is 11.3 Å². The van der Waals surface area contributed by atoms with Gasteiger partial charge >= 0.3 is 0 Å². The number of H-pyrrole nitrogens is 1. The zero-order valence-corrected chi connectivity index (χ0v) is 11.3. The van der Waals surface area contributed by atoms with E-state index in [-0.39, 0.29) is 11.9 Å². The maximum absolute atomic E-state index is 11.9. The van der Waals surface area contributed by atoms with Crippen molar-refractivity contribution in [2.24, 2.45) is 0 Å². The standard InChI is InChI=1S/C11H15N5OS/c1-4-8(11-13-6(2)7(3)18-11)14-10(17)9-5-12-16-15-9/h5,8H,4H2,1-3H3,(H,14,17)(H,12,15,16)/t8-/m0/s1. The van der Waals surface area contributed by atoms with Crippen molar-refractivity contribution in [3.05, 3.63) is 27.5 Å². The number of aromatic nitrogens is 4. The van der Waals surface area contributed by atoms with Crippen LogP contribution >= 0.6 is 11.3 Å². The van der Waals surface area contributed by atoms with Crippen molar-refractivity contribution in [2.45, 2.75) is 33.2 Å². The summed E-state index contributed by atoms with van der Waals surface area (Å²) < 4.78 is 0. The van der Waals surface area contributed by atoms with Crippen LogP contribution in [-0.4, -0.2) is 26.3 Å². The third-order valence-corrected chi connectivity index (χ3v) is 3.89. The van der Waals surface area contributed by atoms with Crippen LogP contribution in [-0.2, 0) is 0 Å². The molecule has 96 valence electrons. The van der Waals surface area contributed by atoms with Crippen LogP contribution < -0.4 is 5.32 Å². The molecule has 0 aliphatic rings. The normalized spacial score (nSPS) is 12.4. The third kappa shape index (κ3) is 2.56. The molecule has 2 aromatic heterocycles. The average molecular weight is 265 g/mol. The van der Waals surface area contributed by atoms with Crippen molar-refractivity contribution in [1.82, 2.24) is 25.7 Å². The number of nitrogens with zero attached hydrogens (tertiary/aromatic N) is 3. The summed E-state index contributed by atoms with van der Waals surface area (Å²) in [4.78, 5) is 17.5. The van der Waals surface area contributed by atoms with E-state index in [0.29, 0.717) is 5.69 Å². The van der Waals surface area contributed by atoms with Gasteiger partial charge < -0.3 is 5.32 Å². The predicted molar refractivity (Wildman–Crippen MR) is 68.5 cm³/mol. The highest BCUT2D eigenvalue weighted by atomic mass is 32.1. The molecule has 0 saturated heterocycles. The van der Waals surface area contributed by atoms with E-state index in [1.165, 1.54) is 11.1 Å². The summed E-state index contributed by atoms with van der Waals surface area (Å²) in [7, 11) is 0. The summed E-state index contributed by atoms with van der Waals surface area (Å²) >= 11 is 1.62. The Morgan fingerprint density at radius 3 is 2.83 bits per heavy atom. The summed E-state index contributed by atoms with van der Waals surface area (Å²) in [5.74, 6) is -0.235. The van der Waals surface area contributed by atoms with E-state index in [1.54, 1.807) is 11.3 Å². The Kier molecular flexibility index (Phi) is 3.71. The molecule has 0 saturated carbocycles. The molecule has 0 aliphatic carbocycles. The summed E-state index contributed by atoms with van der Waals surface area (Å²) in [6.45, 7) is 6.02. The van der Waals surface area contributed by atoms with E-state index in [0.717, 1.165) is 17.1 Å². The van der Waals surface area contributed by atoms with Gasteiger partial charge in [0, 0.05) is 4.88 Å². The molecule has 6 nitrogen and oxygen atoms in total. The van der Waals surface area contributed by atoms with Gasteiger partial charge in [0.05, 0.1) is 17.9 Å². The molecular formula is C11H15N5OS. The number of amides is 1. The maximum Gasteiger partial charge on any atom is 0.274 e. The molecule has 0 fully saturated rings. The first kappa shape index (κ1) is 12.7. The second-order valence-electron chi connectivity index (χ2n) is 3.98. The molecular weight excluding hydrogens is 250 g/mol. The number of hydrogen-bond acceptors (Lipinski definition) is 5. The highest BCUT2D eigenvalue weighted by molar-refractivity contribution is 7.11. The van der Waals surface area contributed by atoms with E-state index in [4.69, 9.17) is 0 Å². The lowest BCUT2D eigenvalue weighted by Crippen LogP contribution is -2.28. The predicted octanol–water partition coefficient (Wildman–Crippen LogP) is 1.76. The molecule has 2 heterocycles. The lowest BCUT2D eigenvalue weighted by molar-refractivity contribution is 0.0930. The Bertz CT molecular complexity index is 514. The number of hydrogen-bond donors (Lipinski definition) is 2.